The summed E-state index contributed by atoms with van der Waals surface area (Å²) in [7, 11) is 0.0546. The van der Waals surface area contributed by atoms with Gasteiger partial charge in [-0.05, 0) is 36.8 Å². The molecule has 0 fully saturated rings. The first-order chi connectivity index (χ1) is 11.0. The quantitative estimate of drug-likeness (QED) is 0.882. The van der Waals surface area contributed by atoms with Crippen LogP contribution in [0.3, 0.4) is 0 Å². The number of benzene rings is 2. The van der Waals surface area contributed by atoms with E-state index in [0.29, 0.717) is 17.0 Å². The average Bonchev–Trinajstić information content (AvgIpc) is 2.54. The van der Waals surface area contributed by atoms with Crippen molar-refractivity contribution in [2.75, 3.05) is 12.4 Å². The Morgan fingerprint density at radius 1 is 1.26 bits per heavy atom. The summed E-state index contributed by atoms with van der Waals surface area (Å²) >= 11 is 0. The molecule has 2 rings (SSSR count). The molecule has 122 valence electrons. The fraction of sp³-hybridized carbons (Fsp3) is 0.235. The lowest BCUT2D eigenvalue weighted by molar-refractivity contribution is -0.115. The second-order valence-electron chi connectivity index (χ2n) is 4.99. The summed E-state index contributed by atoms with van der Waals surface area (Å²) in [6.07, 6.45) is 0. The van der Waals surface area contributed by atoms with E-state index in [9.17, 15) is 13.4 Å². The van der Waals surface area contributed by atoms with E-state index in [4.69, 9.17) is 4.74 Å². The number of halogens is 1. The highest BCUT2D eigenvalue weighted by molar-refractivity contribution is 7.85. The lowest BCUT2D eigenvalue weighted by Crippen LogP contribution is -2.29. The predicted octanol–water partition coefficient (Wildman–Crippen LogP) is 3.11. The second-order valence-corrected chi connectivity index (χ2v) is 6.74. The zero-order valence-corrected chi connectivity index (χ0v) is 13.7. The van der Waals surface area contributed by atoms with Crippen molar-refractivity contribution >= 4 is 22.4 Å². The van der Waals surface area contributed by atoms with Crippen molar-refractivity contribution in [1.29, 1.82) is 0 Å². The number of nitrogens with one attached hydrogen (secondary N) is 1. The van der Waals surface area contributed by atoms with Crippen molar-refractivity contribution < 1.29 is 18.1 Å². The molecule has 2 aromatic rings. The summed E-state index contributed by atoms with van der Waals surface area (Å²) in [4.78, 5) is 12.2. The van der Waals surface area contributed by atoms with Gasteiger partial charge in [-0.2, -0.15) is 0 Å². The molecule has 1 amide bonds. The Balaban J connectivity index is 2.02. The van der Waals surface area contributed by atoms with E-state index in [1.165, 1.54) is 19.2 Å². The van der Waals surface area contributed by atoms with E-state index in [2.05, 4.69) is 5.32 Å². The summed E-state index contributed by atoms with van der Waals surface area (Å²) in [5, 5.41) is 1.98. The van der Waals surface area contributed by atoms with Crippen LogP contribution in [0.15, 0.2) is 48.5 Å². The predicted molar refractivity (Wildman–Crippen MR) is 89.3 cm³/mol. The van der Waals surface area contributed by atoms with Gasteiger partial charge in [-0.1, -0.05) is 24.3 Å². The first-order valence-corrected chi connectivity index (χ1v) is 8.45. The van der Waals surface area contributed by atoms with Crippen molar-refractivity contribution in [2.45, 2.75) is 17.9 Å². The Morgan fingerprint density at radius 3 is 2.70 bits per heavy atom. The summed E-state index contributed by atoms with van der Waals surface area (Å²) in [6, 6.07) is 12.9. The van der Waals surface area contributed by atoms with Gasteiger partial charge in [0.05, 0.1) is 12.8 Å². The van der Waals surface area contributed by atoms with Gasteiger partial charge in [-0.15, -0.1) is 0 Å². The zero-order valence-electron chi connectivity index (χ0n) is 12.9. The Labute approximate surface area is 137 Å². The van der Waals surface area contributed by atoms with Crippen LogP contribution >= 0.6 is 0 Å². The molecule has 4 nitrogen and oxygen atoms in total. The fourth-order valence-electron chi connectivity index (χ4n) is 2.02. The molecule has 0 aromatic heterocycles. The normalized spacial score (nSPS) is 13.2. The monoisotopic (exact) mass is 335 g/mol. The number of hydrogen-bond donors (Lipinski definition) is 1. The van der Waals surface area contributed by atoms with E-state index in [1.807, 2.05) is 0 Å². The smallest absolute Gasteiger partial charge is 0.239 e. The molecule has 0 spiro atoms. The number of para-hydroxylation sites is 2. The van der Waals surface area contributed by atoms with Crippen molar-refractivity contribution in [3.63, 3.8) is 0 Å². The summed E-state index contributed by atoms with van der Waals surface area (Å²) in [5.41, 5.74) is 1.12. The molecule has 2 aromatic carbocycles. The standard InChI is InChI=1S/C17H18FNO3S/c1-12(23(21)11-13-6-5-7-14(18)10-13)17(20)19-15-8-3-4-9-16(15)22-2/h3-10,12H,11H2,1-2H3,(H,19,20)/t12-,23-/m0/s1. The third-order valence-corrected chi connectivity index (χ3v) is 4.95. The number of anilines is 1. The number of rotatable bonds is 6. The van der Waals surface area contributed by atoms with Gasteiger partial charge < -0.3 is 10.1 Å². The van der Waals surface area contributed by atoms with Gasteiger partial charge in [0.2, 0.25) is 5.91 Å². The van der Waals surface area contributed by atoms with Crippen molar-refractivity contribution in [3.8, 4) is 5.75 Å². The first-order valence-electron chi connectivity index (χ1n) is 7.06. The molecule has 0 radical (unpaired) electrons. The van der Waals surface area contributed by atoms with E-state index < -0.39 is 16.0 Å². The average molecular weight is 335 g/mol. The van der Waals surface area contributed by atoms with Gasteiger partial charge in [-0.25, -0.2) is 4.39 Å². The minimum absolute atomic E-state index is 0.123. The van der Waals surface area contributed by atoms with E-state index in [-0.39, 0.29) is 17.5 Å². The van der Waals surface area contributed by atoms with Crippen LogP contribution in [0.5, 0.6) is 5.75 Å². The number of hydrogen-bond acceptors (Lipinski definition) is 3. The Bertz CT molecular complexity index is 720. The highest BCUT2D eigenvalue weighted by atomic mass is 32.2. The molecule has 0 aliphatic carbocycles. The molecule has 0 unspecified atom stereocenters. The van der Waals surface area contributed by atoms with Crippen LogP contribution in [-0.2, 0) is 21.3 Å². The van der Waals surface area contributed by atoms with Crippen LogP contribution < -0.4 is 10.1 Å². The lowest BCUT2D eigenvalue weighted by Gasteiger charge is -2.14. The number of amides is 1. The summed E-state index contributed by atoms with van der Waals surface area (Å²) in [6.45, 7) is 1.58. The van der Waals surface area contributed by atoms with E-state index in [0.717, 1.165) is 0 Å². The maximum atomic E-state index is 13.2. The van der Waals surface area contributed by atoms with Gasteiger partial charge >= 0.3 is 0 Å². The molecule has 1 N–H and O–H groups in total. The summed E-state index contributed by atoms with van der Waals surface area (Å²) < 4.78 is 30.6. The Morgan fingerprint density at radius 2 is 2.00 bits per heavy atom. The maximum absolute atomic E-state index is 13.2. The van der Waals surface area contributed by atoms with Crippen LogP contribution in [0.25, 0.3) is 0 Å². The molecular formula is C17H18FNO3S. The molecule has 23 heavy (non-hydrogen) atoms. The zero-order chi connectivity index (χ0) is 16.8. The number of carbonyl (C=O) groups excluding carboxylic acids is 1. The van der Waals surface area contributed by atoms with Crippen molar-refractivity contribution in [1.82, 2.24) is 0 Å². The van der Waals surface area contributed by atoms with Crippen molar-refractivity contribution in [2.24, 2.45) is 0 Å². The fourth-order valence-corrected chi connectivity index (χ4v) is 3.07. The van der Waals surface area contributed by atoms with Crippen LogP contribution in [0.2, 0.25) is 0 Å². The van der Waals surface area contributed by atoms with Crippen LogP contribution in [0.1, 0.15) is 12.5 Å². The maximum Gasteiger partial charge on any atom is 0.239 e. The Kier molecular flexibility index (Phi) is 5.87. The molecule has 0 bridgehead atoms. The largest absolute Gasteiger partial charge is 0.495 e. The topological polar surface area (TPSA) is 55.4 Å². The molecule has 0 aliphatic heterocycles. The highest BCUT2D eigenvalue weighted by Crippen LogP contribution is 2.23. The summed E-state index contributed by atoms with van der Waals surface area (Å²) in [5.74, 6) is -0.100. The van der Waals surface area contributed by atoms with Crippen LogP contribution in [0, 0.1) is 5.82 Å². The Hall–Kier alpha value is -2.21. The molecular weight excluding hydrogens is 317 g/mol. The molecule has 6 heteroatoms. The third-order valence-electron chi connectivity index (χ3n) is 3.33. The van der Waals surface area contributed by atoms with Crippen LogP contribution in [-0.4, -0.2) is 22.5 Å². The molecule has 0 saturated carbocycles. The SMILES string of the molecule is COc1ccccc1NC(=O)[C@H](C)[S@@](=O)Cc1cccc(F)c1. The van der Waals surface area contributed by atoms with Gasteiger partial charge in [0, 0.05) is 16.6 Å². The highest BCUT2D eigenvalue weighted by Gasteiger charge is 2.21. The van der Waals surface area contributed by atoms with Gasteiger partial charge in [0.25, 0.3) is 0 Å². The van der Waals surface area contributed by atoms with Gasteiger partial charge in [-0.3, -0.25) is 9.00 Å². The van der Waals surface area contributed by atoms with Crippen LogP contribution in [0.4, 0.5) is 10.1 Å². The molecule has 0 heterocycles. The number of methoxy groups -OCH3 is 1. The number of carbonyl (C=O) groups is 1. The van der Waals surface area contributed by atoms with Gasteiger partial charge in [0.15, 0.2) is 0 Å². The lowest BCUT2D eigenvalue weighted by atomic mass is 10.2. The second kappa shape index (κ2) is 7.87. The minimum atomic E-state index is -1.46. The van der Waals surface area contributed by atoms with Crippen molar-refractivity contribution in [3.05, 3.63) is 59.9 Å². The van der Waals surface area contributed by atoms with Gasteiger partial charge in [0.1, 0.15) is 16.8 Å². The molecule has 0 saturated heterocycles. The molecule has 2 atom stereocenters. The van der Waals surface area contributed by atoms with E-state index >= 15 is 0 Å². The van der Waals surface area contributed by atoms with E-state index in [1.54, 1.807) is 43.3 Å². The first kappa shape index (κ1) is 17.1. The number of ether oxygens (including phenoxy) is 1. The third kappa shape index (κ3) is 4.63. The minimum Gasteiger partial charge on any atom is -0.495 e. The molecule has 0 aliphatic rings.